The molecule has 17 heavy (non-hydrogen) atoms. The Kier molecular flexibility index (Phi) is 4.97. The van der Waals surface area contributed by atoms with Crippen LogP contribution in [0, 0.1) is 13.8 Å². The molecule has 0 atom stereocenters. The average molecular weight is 237 g/mol. The zero-order valence-corrected chi connectivity index (χ0v) is 10.5. The molecule has 1 rings (SSSR count). The van der Waals surface area contributed by atoms with Crippen LogP contribution in [0.4, 0.5) is 0 Å². The molecule has 0 aliphatic rings. The van der Waals surface area contributed by atoms with Crippen LogP contribution >= 0.6 is 0 Å². The number of amides is 1. The highest BCUT2D eigenvalue weighted by atomic mass is 16.5. The van der Waals surface area contributed by atoms with Crippen LogP contribution in [0.3, 0.4) is 0 Å². The lowest BCUT2D eigenvalue weighted by Gasteiger charge is -2.11. The van der Waals surface area contributed by atoms with Crippen LogP contribution < -0.4 is 10.1 Å². The van der Waals surface area contributed by atoms with E-state index in [4.69, 9.17) is 9.84 Å². The second kappa shape index (κ2) is 6.25. The van der Waals surface area contributed by atoms with Crippen LogP contribution in [0.5, 0.6) is 5.75 Å². The summed E-state index contributed by atoms with van der Waals surface area (Å²) in [4.78, 5) is 11.9. The number of hydrogen-bond acceptors (Lipinski definition) is 3. The van der Waals surface area contributed by atoms with E-state index in [1.807, 2.05) is 26.0 Å². The first-order valence-electron chi connectivity index (χ1n) is 5.64. The number of hydrogen-bond donors (Lipinski definition) is 2. The van der Waals surface area contributed by atoms with Gasteiger partial charge < -0.3 is 15.2 Å². The summed E-state index contributed by atoms with van der Waals surface area (Å²) in [7, 11) is 1.61. The third-order valence-electron chi connectivity index (χ3n) is 2.61. The highest BCUT2D eigenvalue weighted by molar-refractivity contribution is 5.96. The first kappa shape index (κ1) is 13.5. The van der Waals surface area contributed by atoms with Gasteiger partial charge in [-0.25, -0.2) is 0 Å². The van der Waals surface area contributed by atoms with Crippen molar-refractivity contribution in [1.82, 2.24) is 5.32 Å². The van der Waals surface area contributed by atoms with E-state index in [2.05, 4.69) is 5.32 Å². The highest BCUT2D eigenvalue weighted by Gasteiger charge is 2.11. The predicted octanol–water partition coefficient (Wildman–Crippen LogP) is 1.42. The Bertz CT molecular complexity index is 402. The summed E-state index contributed by atoms with van der Waals surface area (Å²) in [5, 5.41) is 11.4. The minimum atomic E-state index is -0.110. The number of benzene rings is 1. The van der Waals surface area contributed by atoms with E-state index in [0.29, 0.717) is 18.5 Å². The smallest absolute Gasteiger partial charge is 0.251 e. The lowest BCUT2D eigenvalue weighted by Crippen LogP contribution is -2.25. The number of carbonyl (C=O) groups is 1. The summed E-state index contributed by atoms with van der Waals surface area (Å²) in [5.41, 5.74) is 2.47. The molecule has 4 heteroatoms. The van der Waals surface area contributed by atoms with Crippen molar-refractivity contribution in [3.63, 3.8) is 0 Å². The number of aliphatic hydroxyl groups is 1. The Labute approximate surface area is 102 Å². The van der Waals surface area contributed by atoms with Gasteiger partial charge in [0.2, 0.25) is 0 Å². The maximum Gasteiger partial charge on any atom is 0.251 e. The molecule has 0 aliphatic heterocycles. The number of rotatable bonds is 5. The van der Waals surface area contributed by atoms with Crippen molar-refractivity contribution < 1.29 is 14.6 Å². The van der Waals surface area contributed by atoms with Crippen LogP contribution in [0.2, 0.25) is 0 Å². The lowest BCUT2D eigenvalue weighted by atomic mass is 10.0. The predicted molar refractivity (Wildman–Crippen MR) is 66.5 cm³/mol. The zero-order valence-electron chi connectivity index (χ0n) is 10.5. The van der Waals surface area contributed by atoms with E-state index >= 15 is 0 Å². The molecule has 4 nitrogen and oxygen atoms in total. The largest absolute Gasteiger partial charge is 0.496 e. The van der Waals surface area contributed by atoms with Gasteiger partial charge in [-0.1, -0.05) is 0 Å². The molecule has 0 fully saturated rings. The fraction of sp³-hybridized carbons (Fsp3) is 0.462. The fourth-order valence-corrected chi connectivity index (χ4v) is 1.63. The van der Waals surface area contributed by atoms with Crippen LogP contribution in [0.1, 0.15) is 27.9 Å². The van der Waals surface area contributed by atoms with E-state index in [1.54, 1.807) is 7.11 Å². The van der Waals surface area contributed by atoms with Gasteiger partial charge in [-0.2, -0.15) is 0 Å². The van der Waals surface area contributed by atoms with E-state index in [-0.39, 0.29) is 12.5 Å². The first-order chi connectivity index (χ1) is 8.10. The summed E-state index contributed by atoms with van der Waals surface area (Å²) >= 11 is 0. The molecule has 0 saturated carbocycles. The summed E-state index contributed by atoms with van der Waals surface area (Å²) in [6.45, 7) is 4.35. The first-order valence-corrected chi connectivity index (χ1v) is 5.64. The molecule has 94 valence electrons. The maximum atomic E-state index is 11.9. The standard InChI is InChI=1S/C13H19NO3/c1-9-8-12(17-3)10(2)7-11(9)13(16)14-5-4-6-15/h7-8,15H,4-6H2,1-3H3,(H,14,16). The highest BCUT2D eigenvalue weighted by Crippen LogP contribution is 2.22. The zero-order chi connectivity index (χ0) is 12.8. The number of carbonyl (C=O) groups excluding carboxylic acids is 1. The molecular formula is C13H19NO3. The number of aliphatic hydroxyl groups excluding tert-OH is 1. The van der Waals surface area contributed by atoms with E-state index < -0.39 is 0 Å². The van der Waals surface area contributed by atoms with E-state index in [1.165, 1.54) is 0 Å². The maximum absolute atomic E-state index is 11.9. The van der Waals surface area contributed by atoms with Crippen LogP contribution in [-0.2, 0) is 0 Å². The Morgan fingerprint density at radius 3 is 2.65 bits per heavy atom. The molecule has 0 heterocycles. The van der Waals surface area contributed by atoms with Crippen molar-refractivity contribution >= 4 is 5.91 Å². The van der Waals surface area contributed by atoms with Gasteiger partial charge in [0.05, 0.1) is 7.11 Å². The number of ether oxygens (including phenoxy) is 1. The van der Waals surface area contributed by atoms with Crippen LogP contribution in [0.25, 0.3) is 0 Å². The van der Waals surface area contributed by atoms with Crippen molar-refractivity contribution in [3.8, 4) is 5.75 Å². The topological polar surface area (TPSA) is 58.6 Å². The molecular weight excluding hydrogens is 218 g/mol. The van der Waals surface area contributed by atoms with Gasteiger partial charge >= 0.3 is 0 Å². The molecule has 1 aromatic rings. The third kappa shape index (κ3) is 3.46. The Hall–Kier alpha value is -1.55. The van der Waals surface area contributed by atoms with Gasteiger partial charge in [-0.3, -0.25) is 4.79 Å². The van der Waals surface area contributed by atoms with Gasteiger partial charge in [0, 0.05) is 18.7 Å². The van der Waals surface area contributed by atoms with Crippen molar-refractivity contribution in [2.24, 2.45) is 0 Å². The SMILES string of the molecule is COc1cc(C)c(C(=O)NCCCO)cc1C. The van der Waals surface area contributed by atoms with Crippen molar-refractivity contribution in [2.45, 2.75) is 20.3 Å². The monoisotopic (exact) mass is 237 g/mol. The molecule has 1 amide bonds. The molecule has 0 aromatic heterocycles. The number of methoxy groups -OCH3 is 1. The summed E-state index contributed by atoms with van der Waals surface area (Å²) in [5.74, 6) is 0.677. The number of nitrogens with one attached hydrogen (secondary N) is 1. The Balaban J connectivity index is 2.83. The van der Waals surface area contributed by atoms with Gasteiger partial charge in [-0.05, 0) is 43.5 Å². The molecule has 0 bridgehead atoms. The van der Waals surface area contributed by atoms with E-state index in [0.717, 1.165) is 16.9 Å². The second-order valence-electron chi connectivity index (χ2n) is 3.97. The minimum absolute atomic E-state index is 0.0842. The van der Waals surface area contributed by atoms with Gasteiger partial charge in [0.25, 0.3) is 5.91 Å². The molecule has 0 aliphatic carbocycles. The van der Waals surface area contributed by atoms with Gasteiger partial charge in [-0.15, -0.1) is 0 Å². The lowest BCUT2D eigenvalue weighted by molar-refractivity contribution is 0.0950. The Morgan fingerprint density at radius 1 is 1.35 bits per heavy atom. The third-order valence-corrected chi connectivity index (χ3v) is 2.61. The van der Waals surface area contributed by atoms with Crippen LogP contribution in [-0.4, -0.2) is 31.3 Å². The summed E-state index contributed by atoms with van der Waals surface area (Å²) in [6, 6.07) is 3.68. The van der Waals surface area contributed by atoms with Gasteiger partial charge in [0.15, 0.2) is 0 Å². The molecule has 1 aromatic carbocycles. The van der Waals surface area contributed by atoms with Gasteiger partial charge in [0.1, 0.15) is 5.75 Å². The fourth-order valence-electron chi connectivity index (χ4n) is 1.63. The summed E-state index contributed by atoms with van der Waals surface area (Å²) in [6.07, 6.45) is 0.569. The normalized spacial score (nSPS) is 10.1. The Morgan fingerprint density at radius 2 is 2.06 bits per heavy atom. The van der Waals surface area contributed by atoms with Crippen molar-refractivity contribution in [2.75, 3.05) is 20.3 Å². The van der Waals surface area contributed by atoms with Crippen molar-refractivity contribution in [1.29, 1.82) is 0 Å². The van der Waals surface area contributed by atoms with Crippen molar-refractivity contribution in [3.05, 3.63) is 28.8 Å². The van der Waals surface area contributed by atoms with E-state index in [9.17, 15) is 4.79 Å². The quantitative estimate of drug-likeness (QED) is 0.761. The summed E-state index contributed by atoms with van der Waals surface area (Å²) < 4.78 is 5.19. The molecule has 0 radical (unpaired) electrons. The number of aryl methyl sites for hydroxylation is 2. The molecule has 2 N–H and O–H groups in total. The second-order valence-corrected chi connectivity index (χ2v) is 3.97. The molecule has 0 saturated heterocycles. The molecule has 0 spiro atoms. The van der Waals surface area contributed by atoms with Crippen LogP contribution in [0.15, 0.2) is 12.1 Å². The average Bonchev–Trinajstić information content (AvgIpc) is 2.31. The molecule has 0 unspecified atom stereocenters. The minimum Gasteiger partial charge on any atom is -0.496 e.